The molecule has 0 heterocycles. The molecule has 0 aliphatic rings. The molecule has 0 fully saturated rings. The van der Waals surface area contributed by atoms with E-state index in [1.54, 1.807) is 60.7 Å². The van der Waals surface area contributed by atoms with Crippen LogP contribution in [0.4, 0.5) is 0 Å². The van der Waals surface area contributed by atoms with Gasteiger partial charge < -0.3 is 18.9 Å². The first-order chi connectivity index (χ1) is 23.5. The van der Waals surface area contributed by atoms with Crippen LogP contribution in [-0.2, 0) is 11.3 Å². The summed E-state index contributed by atoms with van der Waals surface area (Å²) in [6.07, 6.45) is 18.1. The Balaban J connectivity index is 1.58. The van der Waals surface area contributed by atoms with Gasteiger partial charge in [-0.1, -0.05) is 89.3 Å². The molecule has 0 radical (unpaired) electrons. The summed E-state index contributed by atoms with van der Waals surface area (Å²) in [5, 5.41) is 9.20. The fourth-order valence-corrected chi connectivity index (χ4v) is 5.20. The standard InChI is InChI=1S/C41H51NO6/c1-3-5-7-9-11-12-13-15-17-28-46-39-26-25-37(30-38(39)41(44)47-32-34-20-18-19-33(29-34)31-42)48-40(43)35-21-23-36(24-22-35)45-27-16-14-10-8-6-4-2/h3,18-26,29-30H,1,4-17,27-28,32H2,2H3. The molecular weight excluding hydrogens is 602 g/mol. The zero-order valence-corrected chi connectivity index (χ0v) is 28.6. The van der Waals surface area contributed by atoms with Gasteiger partial charge in [-0.3, -0.25) is 0 Å². The molecule has 0 saturated heterocycles. The Morgan fingerprint density at radius 3 is 2.06 bits per heavy atom. The lowest BCUT2D eigenvalue weighted by Gasteiger charge is -2.14. The summed E-state index contributed by atoms with van der Waals surface area (Å²) in [6.45, 7) is 7.06. The molecule has 3 aromatic carbocycles. The van der Waals surface area contributed by atoms with Gasteiger partial charge in [-0.25, -0.2) is 9.59 Å². The molecule has 0 unspecified atom stereocenters. The largest absolute Gasteiger partial charge is 0.494 e. The van der Waals surface area contributed by atoms with Crippen LogP contribution in [0.2, 0.25) is 0 Å². The van der Waals surface area contributed by atoms with Crippen molar-refractivity contribution in [2.45, 2.75) is 103 Å². The lowest BCUT2D eigenvalue weighted by molar-refractivity contribution is 0.0466. The molecule has 48 heavy (non-hydrogen) atoms. The molecule has 0 atom stereocenters. The van der Waals surface area contributed by atoms with Gasteiger partial charge in [0.05, 0.1) is 30.4 Å². The summed E-state index contributed by atoms with van der Waals surface area (Å²) < 4.78 is 23.1. The summed E-state index contributed by atoms with van der Waals surface area (Å²) >= 11 is 0. The molecule has 0 saturated carbocycles. The first kappa shape index (κ1) is 37.9. The summed E-state index contributed by atoms with van der Waals surface area (Å²) in [5.74, 6) is 0.0999. The van der Waals surface area contributed by atoms with Gasteiger partial charge in [-0.05, 0) is 85.8 Å². The third-order valence-electron chi connectivity index (χ3n) is 7.97. The molecule has 3 rings (SSSR count). The van der Waals surface area contributed by atoms with E-state index < -0.39 is 11.9 Å². The van der Waals surface area contributed by atoms with Crippen LogP contribution in [0.5, 0.6) is 17.2 Å². The van der Waals surface area contributed by atoms with Gasteiger partial charge in [0.2, 0.25) is 0 Å². The van der Waals surface area contributed by atoms with Gasteiger partial charge in [-0.15, -0.1) is 6.58 Å². The third kappa shape index (κ3) is 14.5. The van der Waals surface area contributed by atoms with E-state index in [4.69, 9.17) is 18.9 Å². The van der Waals surface area contributed by atoms with E-state index in [2.05, 4.69) is 19.6 Å². The Hall–Kier alpha value is -4.57. The number of benzene rings is 3. The predicted molar refractivity (Wildman–Crippen MR) is 190 cm³/mol. The van der Waals surface area contributed by atoms with Crippen LogP contribution < -0.4 is 14.2 Å². The molecule has 0 amide bonds. The first-order valence-corrected chi connectivity index (χ1v) is 17.5. The maximum absolute atomic E-state index is 13.3. The normalized spacial score (nSPS) is 10.6. The number of hydrogen-bond acceptors (Lipinski definition) is 7. The molecule has 0 bridgehead atoms. The highest BCUT2D eigenvalue weighted by Crippen LogP contribution is 2.27. The zero-order chi connectivity index (χ0) is 34.2. The molecular formula is C41H51NO6. The van der Waals surface area contributed by atoms with Crippen molar-refractivity contribution in [3.63, 3.8) is 0 Å². The van der Waals surface area contributed by atoms with Gasteiger partial charge >= 0.3 is 11.9 Å². The fraction of sp³-hybridized carbons (Fsp3) is 0.439. The second-order valence-electron chi connectivity index (χ2n) is 12.0. The van der Waals surface area contributed by atoms with Crippen molar-refractivity contribution >= 4 is 11.9 Å². The topological polar surface area (TPSA) is 94.8 Å². The lowest BCUT2D eigenvalue weighted by atomic mass is 10.1. The van der Waals surface area contributed by atoms with E-state index in [1.807, 2.05) is 6.08 Å². The molecule has 0 N–H and O–H groups in total. The number of nitriles is 1. The number of nitrogens with zero attached hydrogens (tertiary/aromatic N) is 1. The van der Waals surface area contributed by atoms with Crippen molar-refractivity contribution in [1.29, 1.82) is 5.26 Å². The number of hydrogen-bond donors (Lipinski definition) is 0. The number of ether oxygens (including phenoxy) is 4. The van der Waals surface area contributed by atoms with E-state index in [0.717, 1.165) is 38.5 Å². The molecule has 0 aromatic heterocycles. The predicted octanol–water partition coefficient (Wildman–Crippen LogP) is 10.6. The van der Waals surface area contributed by atoms with E-state index in [1.165, 1.54) is 57.4 Å². The van der Waals surface area contributed by atoms with Gasteiger partial charge in [0.25, 0.3) is 0 Å². The van der Waals surface area contributed by atoms with Gasteiger partial charge in [-0.2, -0.15) is 5.26 Å². The van der Waals surface area contributed by atoms with E-state index in [0.29, 0.717) is 41.4 Å². The van der Waals surface area contributed by atoms with Crippen LogP contribution in [0, 0.1) is 11.3 Å². The summed E-state index contributed by atoms with van der Waals surface area (Å²) in [5.41, 5.74) is 1.70. The highest BCUT2D eigenvalue weighted by molar-refractivity contribution is 5.94. The van der Waals surface area contributed by atoms with E-state index in [9.17, 15) is 14.9 Å². The van der Waals surface area contributed by atoms with Crippen LogP contribution >= 0.6 is 0 Å². The smallest absolute Gasteiger partial charge is 0.343 e. The average Bonchev–Trinajstić information content (AvgIpc) is 3.11. The molecule has 0 aliphatic heterocycles. The monoisotopic (exact) mass is 653 g/mol. The molecule has 7 heteroatoms. The summed E-state index contributed by atoms with van der Waals surface area (Å²) in [7, 11) is 0. The second kappa shape index (κ2) is 22.9. The molecule has 0 spiro atoms. The van der Waals surface area contributed by atoms with Crippen LogP contribution in [0.15, 0.2) is 79.4 Å². The van der Waals surface area contributed by atoms with Crippen molar-refractivity contribution in [3.8, 4) is 23.3 Å². The summed E-state index contributed by atoms with van der Waals surface area (Å²) in [6, 6.07) is 20.6. The number of carbonyl (C=O) groups is 2. The minimum Gasteiger partial charge on any atom is -0.494 e. The Bertz CT molecular complexity index is 1440. The molecule has 256 valence electrons. The number of rotatable bonds is 24. The molecule has 0 aliphatic carbocycles. The average molecular weight is 654 g/mol. The Morgan fingerprint density at radius 2 is 1.38 bits per heavy atom. The van der Waals surface area contributed by atoms with Crippen molar-refractivity contribution in [3.05, 3.63) is 102 Å². The summed E-state index contributed by atoms with van der Waals surface area (Å²) in [4.78, 5) is 26.2. The van der Waals surface area contributed by atoms with E-state index >= 15 is 0 Å². The maximum atomic E-state index is 13.3. The number of carbonyl (C=O) groups excluding carboxylic acids is 2. The van der Waals surface area contributed by atoms with Crippen LogP contribution in [0.1, 0.15) is 129 Å². The second-order valence-corrected chi connectivity index (χ2v) is 12.0. The Kier molecular flexibility index (Phi) is 18.1. The molecule has 7 nitrogen and oxygen atoms in total. The Morgan fingerprint density at radius 1 is 0.729 bits per heavy atom. The van der Waals surface area contributed by atoms with Gasteiger partial charge in [0, 0.05) is 0 Å². The molecule has 3 aromatic rings. The minimum atomic E-state index is -0.614. The first-order valence-electron chi connectivity index (χ1n) is 17.5. The fourth-order valence-electron chi connectivity index (χ4n) is 5.20. The van der Waals surface area contributed by atoms with Gasteiger partial charge in [0.15, 0.2) is 0 Å². The van der Waals surface area contributed by atoms with E-state index in [-0.39, 0.29) is 17.9 Å². The van der Waals surface area contributed by atoms with Crippen LogP contribution in [-0.4, -0.2) is 25.2 Å². The van der Waals surface area contributed by atoms with Crippen molar-refractivity contribution in [2.75, 3.05) is 13.2 Å². The van der Waals surface area contributed by atoms with Crippen molar-refractivity contribution < 1.29 is 28.5 Å². The Labute approximate surface area is 286 Å². The number of unbranched alkanes of at least 4 members (excludes halogenated alkanes) is 12. The number of allylic oxidation sites excluding steroid dienone is 1. The van der Waals surface area contributed by atoms with Crippen molar-refractivity contribution in [1.82, 2.24) is 0 Å². The van der Waals surface area contributed by atoms with Crippen molar-refractivity contribution in [2.24, 2.45) is 0 Å². The quantitative estimate of drug-likeness (QED) is 0.0411. The number of esters is 2. The van der Waals surface area contributed by atoms with Crippen LogP contribution in [0.3, 0.4) is 0 Å². The van der Waals surface area contributed by atoms with Crippen LogP contribution in [0.25, 0.3) is 0 Å². The zero-order valence-electron chi connectivity index (χ0n) is 28.6. The highest BCUT2D eigenvalue weighted by Gasteiger charge is 2.18. The lowest BCUT2D eigenvalue weighted by Crippen LogP contribution is -2.12. The third-order valence-corrected chi connectivity index (χ3v) is 7.97. The highest BCUT2D eigenvalue weighted by atomic mass is 16.5. The SMILES string of the molecule is C=CCCCCCCCCCOc1ccc(OC(=O)c2ccc(OCCCCCCCC)cc2)cc1C(=O)OCc1cccc(C#N)c1. The van der Waals surface area contributed by atoms with Gasteiger partial charge in [0.1, 0.15) is 29.4 Å². The minimum absolute atomic E-state index is 0.0160. The maximum Gasteiger partial charge on any atom is 0.343 e.